The van der Waals surface area contributed by atoms with Crippen LogP contribution in [0.4, 0.5) is 11.5 Å². The molecule has 2 rings (SSSR count). The van der Waals surface area contributed by atoms with E-state index in [9.17, 15) is 19.2 Å². The van der Waals surface area contributed by atoms with E-state index in [-0.39, 0.29) is 31.2 Å². The number of aromatic amines is 1. The maximum absolute atomic E-state index is 12.6. The lowest BCUT2D eigenvalue weighted by molar-refractivity contribution is -0.151. The van der Waals surface area contributed by atoms with Crippen molar-refractivity contribution < 1.29 is 19.1 Å². The Morgan fingerprint density at radius 3 is 2.48 bits per heavy atom. The predicted molar refractivity (Wildman–Crippen MR) is 107 cm³/mol. The molecular formula is C19H24N4O6. The summed E-state index contributed by atoms with van der Waals surface area (Å²) in [5.74, 6) is -1.50. The first-order valence-corrected chi connectivity index (χ1v) is 9.00. The zero-order valence-electron chi connectivity index (χ0n) is 16.3. The molecule has 0 bridgehead atoms. The molecule has 0 aliphatic carbocycles. The lowest BCUT2D eigenvalue weighted by Crippen LogP contribution is -2.43. The van der Waals surface area contributed by atoms with E-state index in [1.54, 1.807) is 12.1 Å². The van der Waals surface area contributed by atoms with Gasteiger partial charge in [0.05, 0.1) is 6.54 Å². The van der Waals surface area contributed by atoms with Gasteiger partial charge in [-0.1, -0.05) is 37.3 Å². The standard InChI is InChI=1S/C19H24N4O6/c1-3-9-22(14(24)11-29-15(25)12-28-2)16-17(20)23(19(27)21-18(16)26)10-13-7-5-4-6-8-13/h4-8H,3,9-12,20H2,1-2H3,(H,21,26,27). The number of esters is 1. The number of nitrogens with one attached hydrogen (secondary N) is 1. The molecule has 29 heavy (non-hydrogen) atoms. The summed E-state index contributed by atoms with van der Waals surface area (Å²) in [6, 6.07) is 9.07. The minimum Gasteiger partial charge on any atom is -0.454 e. The number of hydrogen-bond donors (Lipinski definition) is 2. The average molecular weight is 404 g/mol. The molecule has 0 saturated carbocycles. The number of amides is 1. The van der Waals surface area contributed by atoms with E-state index in [0.29, 0.717) is 6.42 Å². The van der Waals surface area contributed by atoms with E-state index in [4.69, 9.17) is 10.5 Å². The SMILES string of the molecule is CCCN(C(=O)COC(=O)COC)c1c(N)n(Cc2ccccc2)c(=O)[nH]c1=O. The Bertz CT molecular complexity index is 967. The summed E-state index contributed by atoms with van der Waals surface area (Å²) in [6.45, 7) is 1.19. The molecule has 2 aromatic rings. The van der Waals surface area contributed by atoms with Crippen LogP contribution in [0.25, 0.3) is 0 Å². The van der Waals surface area contributed by atoms with Crippen molar-refractivity contribution in [2.24, 2.45) is 0 Å². The van der Waals surface area contributed by atoms with Gasteiger partial charge in [0.15, 0.2) is 12.3 Å². The summed E-state index contributed by atoms with van der Waals surface area (Å²) >= 11 is 0. The maximum Gasteiger partial charge on any atom is 0.332 e. The molecule has 0 aliphatic heterocycles. The topological polar surface area (TPSA) is 137 Å². The molecule has 10 heteroatoms. The van der Waals surface area contributed by atoms with Gasteiger partial charge in [0.1, 0.15) is 12.4 Å². The first-order valence-electron chi connectivity index (χ1n) is 9.00. The number of H-pyrrole nitrogens is 1. The minimum absolute atomic E-state index is 0.117. The van der Waals surface area contributed by atoms with E-state index in [2.05, 4.69) is 9.72 Å². The smallest absolute Gasteiger partial charge is 0.332 e. The quantitative estimate of drug-likeness (QED) is 0.566. The number of carbonyl (C=O) groups excluding carboxylic acids is 2. The van der Waals surface area contributed by atoms with Gasteiger partial charge in [0.25, 0.3) is 11.5 Å². The average Bonchev–Trinajstić information content (AvgIpc) is 2.69. The van der Waals surface area contributed by atoms with Gasteiger partial charge in [-0.3, -0.25) is 19.1 Å². The molecule has 10 nitrogen and oxygen atoms in total. The second kappa shape index (κ2) is 10.2. The molecule has 0 radical (unpaired) electrons. The number of rotatable bonds is 9. The number of aromatic nitrogens is 2. The van der Waals surface area contributed by atoms with Gasteiger partial charge in [-0.05, 0) is 12.0 Å². The highest BCUT2D eigenvalue weighted by Gasteiger charge is 2.24. The third-order valence-electron chi connectivity index (χ3n) is 4.03. The van der Waals surface area contributed by atoms with E-state index in [1.807, 2.05) is 25.1 Å². The van der Waals surface area contributed by atoms with Crippen molar-refractivity contribution in [1.29, 1.82) is 0 Å². The fraction of sp³-hybridized carbons (Fsp3) is 0.368. The zero-order chi connectivity index (χ0) is 21.4. The molecule has 0 saturated heterocycles. The number of hydrogen-bond acceptors (Lipinski definition) is 7. The minimum atomic E-state index is -0.790. The Balaban J connectivity index is 2.39. The molecule has 1 amide bonds. The van der Waals surface area contributed by atoms with Crippen LogP contribution in [0, 0.1) is 0 Å². The Morgan fingerprint density at radius 1 is 1.17 bits per heavy atom. The van der Waals surface area contributed by atoms with E-state index in [0.717, 1.165) is 10.5 Å². The van der Waals surface area contributed by atoms with Crippen molar-refractivity contribution in [3.05, 3.63) is 56.7 Å². The van der Waals surface area contributed by atoms with E-state index >= 15 is 0 Å². The summed E-state index contributed by atoms with van der Waals surface area (Å²) in [5, 5.41) is 0. The molecular weight excluding hydrogens is 380 g/mol. The highest BCUT2D eigenvalue weighted by Crippen LogP contribution is 2.18. The molecule has 0 spiro atoms. The van der Waals surface area contributed by atoms with Crippen LogP contribution in [0.5, 0.6) is 0 Å². The lowest BCUT2D eigenvalue weighted by atomic mass is 10.2. The van der Waals surface area contributed by atoms with Gasteiger partial charge in [0, 0.05) is 13.7 Å². The fourth-order valence-corrected chi connectivity index (χ4v) is 2.73. The van der Waals surface area contributed by atoms with Crippen LogP contribution in [0.1, 0.15) is 18.9 Å². The summed E-state index contributed by atoms with van der Waals surface area (Å²) in [4.78, 5) is 52.1. The number of methoxy groups -OCH3 is 1. The molecule has 3 N–H and O–H groups in total. The first kappa shape index (κ1) is 21.9. The van der Waals surface area contributed by atoms with E-state index < -0.39 is 29.7 Å². The third-order valence-corrected chi connectivity index (χ3v) is 4.03. The second-order valence-corrected chi connectivity index (χ2v) is 6.20. The highest BCUT2D eigenvalue weighted by atomic mass is 16.6. The van der Waals surface area contributed by atoms with Crippen LogP contribution in [-0.2, 0) is 25.6 Å². The first-order chi connectivity index (χ1) is 13.9. The largest absolute Gasteiger partial charge is 0.454 e. The monoisotopic (exact) mass is 404 g/mol. The summed E-state index contributed by atoms with van der Waals surface area (Å²) in [6.07, 6.45) is 0.508. The molecule has 1 aromatic heterocycles. The molecule has 0 aliphatic rings. The second-order valence-electron chi connectivity index (χ2n) is 6.20. The van der Waals surface area contributed by atoms with Crippen molar-refractivity contribution in [3.63, 3.8) is 0 Å². The summed E-state index contributed by atoms with van der Waals surface area (Å²) in [5.41, 5.74) is 5.29. The van der Waals surface area contributed by atoms with Crippen LogP contribution in [0.15, 0.2) is 39.9 Å². The van der Waals surface area contributed by atoms with E-state index in [1.165, 1.54) is 11.7 Å². The Hall–Kier alpha value is -3.40. The number of nitrogens with two attached hydrogens (primary N) is 1. The lowest BCUT2D eigenvalue weighted by Gasteiger charge is -2.24. The number of nitrogen functional groups attached to an aromatic ring is 1. The van der Waals surface area contributed by atoms with Crippen molar-refractivity contribution >= 4 is 23.4 Å². The predicted octanol–water partition coefficient (Wildman–Crippen LogP) is 0.0997. The Labute approximate surface area is 166 Å². The summed E-state index contributed by atoms with van der Waals surface area (Å²) in [7, 11) is 1.32. The third kappa shape index (κ3) is 5.55. The van der Waals surface area contributed by atoms with Crippen LogP contribution in [-0.4, -0.2) is 48.3 Å². The van der Waals surface area contributed by atoms with Crippen LogP contribution in [0.2, 0.25) is 0 Å². The fourth-order valence-electron chi connectivity index (χ4n) is 2.73. The molecule has 0 atom stereocenters. The van der Waals surface area contributed by atoms with Gasteiger partial charge in [-0.25, -0.2) is 9.59 Å². The Morgan fingerprint density at radius 2 is 1.86 bits per heavy atom. The van der Waals surface area contributed by atoms with Gasteiger partial charge in [-0.15, -0.1) is 0 Å². The zero-order valence-corrected chi connectivity index (χ0v) is 16.3. The van der Waals surface area contributed by atoms with Gasteiger partial charge in [0.2, 0.25) is 0 Å². The van der Waals surface area contributed by atoms with Crippen LogP contribution >= 0.6 is 0 Å². The number of nitrogens with zero attached hydrogens (tertiary/aromatic N) is 2. The van der Waals surface area contributed by atoms with Crippen LogP contribution in [0.3, 0.4) is 0 Å². The Kier molecular flexibility index (Phi) is 7.72. The number of carbonyl (C=O) groups is 2. The summed E-state index contributed by atoms with van der Waals surface area (Å²) < 4.78 is 10.7. The molecule has 1 heterocycles. The normalized spacial score (nSPS) is 10.6. The number of anilines is 2. The maximum atomic E-state index is 12.6. The van der Waals surface area contributed by atoms with Crippen LogP contribution < -0.4 is 21.9 Å². The van der Waals surface area contributed by atoms with Gasteiger partial charge >= 0.3 is 11.7 Å². The molecule has 0 fully saturated rings. The molecule has 0 unspecified atom stereocenters. The van der Waals surface area contributed by atoms with Crippen molar-refractivity contribution in [2.75, 3.05) is 37.5 Å². The van der Waals surface area contributed by atoms with Crippen molar-refractivity contribution in [3.8, 4) is 0 Å². The van der Waals surface area contributed by atoms with Crippen molar-refractivity contribution in [1.82, 2.24) is 9.55 Å². The highest BCUT2D eigenvalue weighted by molar-refractivity contribution is 5.97. The molecule has 1 aromatic carbocycles. The number of benzene rings is 1. The molecule has 156 valence electrons. The number of ether oxygens (including phenoxy) is 2. The van der Waals surface area contributed by atoms with Crippen molar-refractivity contribution in [2.45, 2.75) is 19.9 Å². The van der Waals surface area contributed by atoms with Gasteiger partial charge < -0.3 is 20.1 Å². The van der Waals surface area contributed by atoms with Gasteiger partial charge in [-0.2, -0.15) is 0 Å².